The van der Waals surface area contributed by atoms with Crippen LogP contribution in [0.15, 0.2) is 30.5 Å². The average Bonchev–Trinajstić information content (AvgIpc) is 3.16. The Morgan fingerprint density at radius 2 is 1.83 bits per heavy atom. The van der Waals surface area contributed by atoms with Gasteiger partial charge in [-0.2, -0.15) is 0 Å². The zero-order valence-electron chi connectivity index (χ0n) is 18.2. The molecule has 0 aliphatic carbocycles. The molecule has 1 aliphatic rings. The van der Waals surface area contributed by atoms with Crippen molar-refractivity contribution in [2.75, 3.05) is 51.3 Å². The Bertz CT molecular complexity index is 838. The van der Waals surface area contributed by atoms with Gasteiger partial charge in [-0.3, -0.25) is 14.5 Å². The number of carbonyl (C=O) groups excluding carboxylic acids is 2. The zero-order chi connectivity index (χ0) is 21.3. The summed E-state index contributed by atoms with van der Waals surface area (Å²) < 4.78 is 7.67. The molecule has 2 aromatic rings. The summed E-state index contributed by atoms with van der Waals surface area (Å²) in [5, 5.41) is 4.08. The van der Waals surface area contributed by atoms with E-state index in [1.807, 2.05) is 26.0 Å². The van der Waals surface area contributed by atoms with Crippen molar-refractivity contribution in [1.29, 1.82) is 0 Å². The molecule has 1 aromatic carbocycles. The van der Waals surface area contributed by atoms with Gasteiger partial charge in [-0.15, -0.1) is 0 Å². The SMILES string of the molecule is CCN(CC)C(=O)CCCC(=O)Nc1ccc2c(ccn2CCN2CCOCC2)c1. The topological polar surface area (TPSA) is 66.8 Å². The van der Waals surface area contributed by atoms with Gasteiger partial charge in [0.1, 0.15) is 0 Å². The Balaban J connectivity index is 1.48. The first-order valence-electron chi connectivity index (χ1n) is 11.1. The molecule has 0 saturated carbocycles. The second kappa shape index (κ2) is 11.1. The highest BCUT2D eigenvalue weighted by atomic mass is 16.5. The molecule has 7 heteroatoms. The molecule has 1 fully saturated rings. The Labute approximate surface area is 179 Å². The Kier molecular flexibility index (Phi) is 8.28. The first kappa shape index (κ1) is 22.3. The summed E-state index contributed by atoms with van der Waals surface area (Å²) in [7, 11) is 0. The van der Waals surface area contributed by atoms with Crippen molar-refractivity contribution in [3.8, 4) is 0 Å². The number of anilines is 1. The van der Waals surface area contributed by atoms with Crippen LogP contribution in [0.3, 0.4) is 0 Å². The van der Waals surface area contributed by atoms with Crippen LogP contribution in [0.5, 0.6) is 0 Å². The van der Waals surface area contributed by atoms with Gasteiger partial charge in [0.05, 0.1) is 13.2 Å². The third-order valence-corrected chi connectivity index (χ3v) is 5.73. The first-order valence-corrected chi connectivity index (χ1v) is 11.1. The minimum Gasteiger partial charge on any atom is -0.379 e. The Morgan fingerprint density at radius 1 is 1.07 bits per heavy atom. The maximum Gasteiger partial charge on any atom is 0.224 e. The van der Waals surface area contributed by atoms with Crippen molar-refractivity contribution in [3.05, 3.63) is 30.5 Å². The van der Waals surface area contributed by atoms with Crippen LogP contribution in [0.1, 0.15) is 33.1 Å². The summed E-state index contributed by atoms with van der Waals surface area (Å²) in [6.07, 6.45) is 3.45. The number of benzene rings is 1. The molecule has 0 unspecified atom stereocenters. The molecule has 2 heterocycles. The van der Waals surface area contributed by atoms with E-state index in [2.05, 4.69) is 33.1 Å². The minimum atomic E-state index is -0.0477. The van der Waals surface area contributed by atoms with Crippen molar-refractivity contribution in [2.24, 2.45) is 0 Å². The fourth-order valence-electron chi connectivity index (χ4n) is 3.90. The standard InChI is InChI=1S/C23H34N4O3/c1-3-26(4-2)23(29)7-5-6-22(28)24-20-8-9-21-19(18-20)10-11-27(21)13-12-25-14-16-30-17-15-25/h8-11,18H,3-7,12-17H2,1-2H3,(H,24,28). The smallest absolute Gasteiger partial charge is 0.224 e. The van der Waals surface area contributed by atoms with Crippen LogP contribution in [0, 0.1) is 0 Å². The normalized spacial score (nSPS) is 14.7. The van der Waals surface area contributed by atoms with Crippen molar-refractivity contribution < 1.29 is 14.3 Å². The second-order valence-corrected chi connectivity index (χ2v) is 7.70. The molecule has 1 aliphatic heterocycles. The monoisotopic (exact) mass is 414 g/mol. The third-order valence-electron chi connectivity index (χ3n) is 5.73. The quantitative estimate of drug-likeness (QED) is 0.649. The number of fused-ring (bicyclic) bond motifs is 1. The molecule has 0 bridgehead atoms. The Hall–Kier alpha value is -2.38. The number of ether oxygens (including phenoxy) is 1. The lowest BCUT2D eigenvalue weighted by atomic mass is 10.2. The molecule has 3 rings (SSSR count). The molecule has 1 N–H and O–H groups in total. The van der Waals surface area contributed by atoms with Gasteiger partial charge >= 0.3 is 0 Å². The van der Waals surface area contributed by atoms with Crippen LogP contribution in [0.25, 0.3) is 10.9 Å². The molecular formula is C23H34N4O3. The summed E-state index contributed by atoms with van der Waals surface area (Å²) >= 11 is 0. The van der Waals surface area contributed by atoms with E-state index in [1.165, 1.54) is 5.52 Å². The van der Waals surface area contributed by atoms with Gasteiger partial charge in [-0.1, -0.05) is 0 Å². The third kappa shape index (κ3) is 6.06. The summed E-state index contributed by atoms with van der Waals surface area (Å²) in [5.74, 6) is 0.0704. The predicted molar refractivity (Wildman–Crippen MR) is 120 cm³/mol. The van der Waals surface area contributed by atoms with E-state index >= 15 is 0 Å². The van der Waals surface area contributed by atoms with Gasteiger partial charge in [-0.25, -0.2) is 0 Å². The molecule has 0 atom stereocenters. The number of hydrogen-bond acceptors (Lipinski definition) is 4. The molecule has 164 valence electrons. The molecule has 30 heavy (non-hydrogen) atoms. The number of nitrogens with one attached hydrogen (secondary N) is 1. The zero-order valence-corrected chi connectivity index (χ0v) is 18.2. The summed E-state index contributed by atoms with van der Waals surface area (Å²) in [6.45, 7) is 11.0. The fraction of sp³-hybridized carbons (Fsp3) is 0.565. The maximum absolute atomic E-state index is 12.3. The molecular weight excluding hydrogens is 380 g/mol. The number of aromatic nitrogens is 1. The van der Waals surface area contributed by atoms with E-state index in [4.69, 9.17) is 4.74 Å². The van der Waals surface area contributed by atoms with E-state index in [0.717, 1.165) is 50.5 Å². The molecule has 0 spiro atoms. The molecule has 1 saturated heterocycles. The summed E-state index contributed by atoms with van der Waals surface area (Å²) in [6, 6.07) is 8.12. The largest absolute Gasteiger partial charge is 0.379 e. The van der Waals surface area contributed by atoms with E-state index < -0.39 is 0 Å². The molecule has 7 nitrogen and oxygen atoms in total. The highest BCUT2D eigenvalue weighted by Gasteiger charge is 2.12. The van der Waals surface area contributed by atoms with Crippen LogP contribution in [0.4, 0.5) is 5.69 Å². The van der Waals surface area contributed by atoms with Crippen molar-refractivity contribution >= 4 is 28.4 Å². The average molecular weight is 415 g/mol. The maximum atomic E-state index is 12.3. The number of carbonyl (C=O) groups is 2. The van der Waals surface area contributed by atoms with E-state index in [9.17, 15) is 9.59 Å². The van der Waals surface area contributed by atoms with Gasteiger partial charge in [0.15, 0.2) is 0 Å². The number of amides is 2. The molecule has 0 radical (unpaired) electrons. The second-order valence-electron chi connectivity index (χ2n) is 7.70. The number of morpholine rings is 1. The van der Waals surface area contributed by atoms with Gasteiger partial charge in [0, 0.05) is 74.9 Å². The number of hydrogen-bond donors (Lipinski definition) is 1. The van der Waals surface area contributed by atoms with Crippen LogP contribution in [-0.2, 0) is 20.9 Å². The fourth-order valence-corrected chi connectivity index (χ4v) is 3.90. The van der Waals surface area contributed by atoms with Crippen LogP contribution < -0.4 is 5.32 Å². The highest BCUT2D eigenvalue weighted by molar-refractivity contribution is 5.94. The van der Waals surface area contributed by atoms with Gasteiger partial charge in [0.2, 0.25) is 11.8 Å². The first-order chi connectivity index (χ1) is 14.6. The lowest BCUT2D eigenvalue weighted by molar-refractivity contribution is -0.130. The lowest BCUT2D eigenvalue weighted by Gasteiger charge is -2.26. The summed E-state index contributed by atoms with van der Waals surface area (Å²) in [5.41, 5.74) is 1.97. The van der Waals surface area contributed by atoms with Gasteiger partial charge in [-0.05, 0) is 44.5 Å². The van der Waals surface area contributed by atoms with Crippen molar-refractivity contribution in [2.45, 2.75) is 39.7 Å². The van der Waals surface area contributed by atoms with E-state index in [1.54, 1.807) is 4.90 Å². The van der Waals surface area contributed by atoms with Crippen molar-refractivity contribution in [3.63, 3.8) is 0 Å². The molecule has 1 aromatic heterocycles. The predicted octanol–water partition coefficient (Wildman–Crippen LogP) is 2.95. The van der Waals surface area contributed by atoms with Gasteiger partial charge in [0.25, 0.3) is 0 Å². The highest BCUT2D eigenvalue weighted by Crippen LogP contribution is 2.21. The summed E-state index contributed by atoms with van der Waals surface area (Å²) in [4.78, 5) is 28.5. The number of rotatable bonds is 10. The molecule has 2 amide bonds. The minimum absolute atomic E-state index is 0.0477. The van der Waals surface area contributed by atoms with Crippen molar-refractivity contribution in [1.82, 2.24) is 14.4 Å². The van der Waals surface area contributed by atoms with Gasteiger partial charge < -0.3 is 19.5 Å². The van der Waals surface area contributed by atoms with Crippen LogP contribution in [0.2, 0.25) is 0 Å². The lowest BCUT2D eigenvalue weighted by Crippen LogP contribution is -2.38. The Morgan fingerprint density at radius 3 is 2.57 bits per heavy atom. The van der Waals surface area contributed by atoms with Crippen LogP contribution >= 0.6 is 0 Å². The number of nitrogens with zero attached hydrogens (tertiary/aromatic N) is 3. The van der Waals surface area contributed by atoms with Crippen LogP contribution in [-0.4, -0.2) is 72.1 Å². The van der Waals surface area contributed by atoms with E-state index in [-0.39, 0.29) is 11.8 Å². The van der Waals surface area contributed by atoms with E-state index in [0.29, 0.717) is 32.4 Å².